The van der Waals surface area contributed by atoms with Crippen molar-refractivity contribution in [1.82, 2.24) is 9.38 Å². The molecule has 2 aromatic heterocycles. The zero-order valence-electron chi connectivity index (χ0n) is 15.6. The molecule has 0 spiro atoms. The highest BCUT2D eigenvalue weighted by Crippen LogP contribution is 2.33. The van der Waals surface area contributed by atoms with Crippen LogP contribution in [0.4, 0.5) is 11.5 Å². The summed E-state index contributed by atoms with van der Waals surface area (Å²) in [6, 6.07) is 10.8. The lowest BCUT2D eigenvalue weighted by Gasteiger charge is -2.15. The van der Waals surface area contributed by atoms with Crippen LogP contribution in [0.15, 0.2) is 52.8 Å². The molecule has 2 heterocycles. The van der Waals surface area contributed by atoms with Gasteiger partial charge in [-0.2, -0.15) is 0 Å². The first-order chi connectivity index (χ1) is 12.3. The van der Waals surface area contributed by atoms with E-state index in [2.05, 4.69) is 31.0 Å². The zero-order chi connectivity index (χ0) is 18.9. The minimum absolute atomic E-state index is 0.165. The first kappa shape index (κ1) is 17.8. The number of hydrogen-bond acceptors (Lipinski definition) is 5. The fourth-order valence-corrected chi connectivity index (χ4v) is 2.68. The molecule has 0 aliphatic carbocycles. The molecule has 0 bridgehead atoms. The van der Waals surface area contributed by atoms with Crippen LogP contribution in [0.5, 0.6) is 0 Å². The SMILES string of the molecule is COC(=O)c1ccc(N=Nc2c(C(C)(C)C)nc3c(C)cccn23)cc1. The number of aryl methyl sites for hydroxylation is 1. The van der Waals surface area contributed by atoms with Crippen molar-refractivity contribution in [3.05, 3.63) is 59.4 Å². The Kier molecular flexibility index (Phi) is 4.59. The standard InChI is InChI=1S/C20H22N4O2/c1-13-7-6-12-24-17(13)21-16(20(2,3)4)18(24)23-22-15-10-8-14(9-11-15)19(25)26-5/h6-12H,1-5H3. The smallest absolute Gasteiger partial charge is 0.337 e. The normalized spacial score (nSPS) is 12.0. The summed E-state index contributed by atoms with van der Waals surface area (Å²) < 4.78 is 6.66. The topological polar surface area (TPSA) is 68.3 Å². The number of carbonyl (C=O) groups excluding carboxylic acids is 1. The van der Waals surface area contributed by atoms with Crippen LogP contribution >= 0.6 is 0 Å². The fourth-order valence-electron chi connectivity index (χ4n) is 2.68. The minimum atomic E-state index is -0.374. The van der Waals surface area contributed by atoms with Gasteiger partial charge in [0.25, 0.3) is 0 Å². The molecule has 6 nitrogen and oxygen atoms in total. The summed E-state index contributed by atoms with van der Waals surface area (Å²) >= 11 is 0. The van der Waals surface area contributed by atoms with Crippen LogP contribution in [0.1, 0.15) is 42.4 Å². The van der Waals surface area contributed by atoms with Crippen LogP contribution in [0, 0.1) is 6.92 Å². The largest absolute Gasteiger partial charge is 0.465 e. The molecule has 134 valence electrons. The van der Waals surface area contributed by atoms with Crippen LogP contribution < -0.4 is 0 Å². The van der Waals surface area contributed by atoms with Crippen molar-refractivity contribution < 1.29 is 9.53 Å². The van der Waals surface area contributed by atoms with E-state index in [9.17, 15) is 4.79 Å². The quantitative estimate of drug-likeness (QED) is 0.485. The van der Waals surface area contributed by atoms with Crippen LogP contribution in [-0.4, -0.2) is 22.5 Å². The number of nitrogens with zero attached hydrogens (tertiary/aromatic N) is 4. The molecule has 26 heavy (non-hydrogen) atoms. The van der Waals surface area contributed by atoms with Crippen molar-refractivity contribution in [3.8, 4) is 0 Å². The monoisotopic (exact) mass is 350 g/mol. The van der Waals surface area contributed by atoms with Gasteiger partial charge in [0.1, 0.15) is 5.65 Å². The molecule has 0 radical (unpaired) electrons. The third-order valence-electron chi connectivity index (χ3n) is 4.08. The zero-order valence-corrected chi connectivity index (χ0v) is 15.6. The van der Waals surface area contributed by atoms with E-state index in [1.807, 2.05) is 29.7 Å². The third-order valence-corrected chi connectivity index (χ3v) is 4.08. The highest BCUT2D eigenvalue weighted by Gasteiger charge is 2.24. The molecule has 0 fully saturated rings. The number of hydrogen-bond donors (Lipinski definition) is 0. The number of carbonyl (C=O) groups is 1. The van der Waals surface area contributed by atoms with Crippen LogP contribution in [0.2, 0.25) is 0 Å². The minimum Gasteiger partial charge on any atom is -0.465 e. The number of rotatable bonds is 3. The fraction of sp³-hybridized carbons (Fsp3) is 0.300. The van der Waals surface area contributed by atoms with Crippen molar-refractivity contribution in [3.63, 3.8) is 0 Å². The van der Waals surface area contributed by atoms with Gasteiger partial charge in [0.2, 0.25) is 0 Å². The average molecular weight is 350 g/mol. The number of esters is 1. The average Bonchev–Trinajstić information content (AvgIpc) is 3.00. The Morgan fingerprint density at radius 2 is 1.81 bits per heavy atom. The van der Waals surface area contributed by atoms with Gasteiger partial charge in [-0.05, 0) is 42.8 Å². The summed E-state index contributed by atoms with van der Waals surface area (Å²) in [6.07, 6.45) is 1.94. The first-order valence-electron chi connectivity index (χ1n) is 8.39. The predicted octanol–water partition coefficient (Wildman–Crippen LogP) is 5.14. The number of imidazole rings is 1. The molecule has 1 aromatic carbocycles. The Balaban J connectivity index is 2.03. The Morgan fingerprint density at radius 1 is 1.12 bits per heavy atom. The maximum absolute atomic E-state index is 11.5. The van der Waals surface area contributed by atoms with Crippen molar-refractivity contribution in [2.24, 2.45) is 10.2 Å². The van der Waals surface area contributed by atoms with E-state index in [0.717, 1.165) is 16.9 Å². The number of aromatic nitrogens is 2. The molecule has 0 N–H and O–H groups in total. The summed E-state index contributed by atoms with van der Waals surface area (Å²) in [5.41, 5.74) is 3.82. The molecule has 0 amide bonds. The van der Waals surface area contributed by atoms with Gasteiger partial charge in [0.05, 0.1) is 24.1 Å². The van der Waals surface area contributed by atoms with E-state index in [4.69, 9.17) is 9.72 Å². The summed E-state index contributed by atoms with van der Waals surface area (Å²) in [5.74, 6) is 0.342. The lowest BCUT2D eigenvalue weighted by atomic mass is 9.92. The summed E-state index contributed by atoms with van der Waals surface area (Å²) in [6.45, 7) is 8.35. The second kappa shape index (κ2) is 6.71. The summed E-state index contributed by atoms with van der Waals surface area (Å²) in [7, 11) is 1.36. The van der Waals surface area contributed by atoms with E-state index >= 15 is 0 Å². The summed E-state index contributed by atoms with van der Waals surface area (Å²) in [5, 5.41) is 8.82. The van der Waals surface area contributed by atoms with Crippen LogP contribution in [0.25, 0.3) is 5.65 Å². The highest BCUT2D eigenvalue weighted by atomic mass is 16.5. The molecule has 0 atom stereocenters. The molecule has 0 aliphatic rings. The Morgan fingerprint density at radius 3 is 2.42 bits per heavy atom. The lowest BCUT2D eigenvalue weighted by molar-refractivity contribution is 0.0601. The Hall–Kier alpha value is -3.02. The van der Waals surface area contributed by atoms with Gasteiger partial charge in [-0.1, -0.05) is 26.8 Å². The number of benzene rings is 1. The van der Waals surface area contributed by atoms with E-state index in [1.54, 1.807) is 24.3 Å². The first-order valence-corrected chi connectivity index (χ1v) is 8.39. The van der Waals surface area contributed by atoms with E-state index in [-0.39, 0.29) is 11.4 Å². The van der Waals surface area contributed by atoms with Crippen LogP contribution in [0.3, 0.4) is 0 Å². The van der Waals surface area contributed by atoms with Gasteiger partial charge in [-0.15, -0.1) is 10.2 Å². The summed E-state index contributed by atoms with van der Waals surface area (Å²) in [4.78, 5) is 16.3. The van der Waals surface area contributed by atoms with Gasteiger partial charge in [-0.3, -0.25) is 4.40 Å². The van der Waals surface area contributed by atoms with E-state index in [0.29, 0.717) is 17.1 Å². The van der Waals surface area contributed by atoms with Crippen molar-refractivity contribution in [2.75, 3.05) is 7.11 Å². The molecule has 3 aromatic rings. The number of methoxy groups -OCH3 is 1. The second-order valence-electron chi connectivity index (χ2n) is 7.16. The van der Waals surface area contributed by atoms with E-state index in [1.165, 1.54) is 7.11 Å². The second-order valence-corrected chi connectivity index (χ2v) is 7.16. The Labute approximate surface area is 152 Å². The molecule has 0 saturated heterocycles. The van der Waals surface area contributed by atoms with Gasteiger partial charge < -0.3 is 4.74 Å². The van der Waals surface area contributed by atoms with Crippen molar-refractivity contribution in [2.45, 2.75) is 33.1 Å². The van der Waals surface area contributed by atoms with Gasteiger partial charge in [-0.25, -0.2) is 9.78 Å². The van der Waals surface area contributed by atoms with Gasteiger partial charge in [0, 0.05) is 11.6 Å². The Bertz CT molecular complexity index is 979. The van der Waals surface area contributed by atoms with Gasteiger partial charge >= 0.3 is 5.97 Å². The van der Waals surface area contributed by atoms with Crippen LogP contribution in [-0.2, 0) is 10.2 Å². The van der Waals surface area contributed by atoms with Gasteiger partial charge in [0.15, 0.2) is 5.82 Å². The molecular formula is C20H22N4O2. The lowest BCUT2D eigenvalue weighted by Crippen LogP contribution is -2.11. The molecule has 0 saturated carbocycles. The molecule has 6 heteroatoms. The maximum atomic E-state index is 11.5. The number of ether oxygens (including phenoxy) is 1. The predicted molar refractivity (Wildman–Crippen MR) is 101 cm³/mol. The molecule has 0 aliphatic heterocycles. The molecule has 0 unspecified atom stereocenters. The van der Waals surface area contributed by atoms with Crippen molar-refractivity contribution in [1.29, 1.82) is 0 Å². The molecule has 3 rings (SSSR count). The van der Waals surface area contributed by atoms with Crippen molar-refractivity contribution >= 4 is 23.1 Å². The number of fused-ring (bicyclic) bond motifs is 1. The number of pyridine rings is 1. The van der Waals surface area contributed by atoms with E-state index < -0.39 is 0 Å². The third kappa shape index (κ3) is 3.35. The highest BCUT2D eigenvalue weighted by molar-refractivity contribution is 5.89. The maximum Gasteiger partial charge on any atom is 0.337 e. The number of azo groups is 1. The molecular weight excluding hydrogens is 328 g/mol.